The van der Waals surface area contributed by atoms with Crippen molar-refractivity contribution in [3.05, 3.63) is 70.3 Å². The molecule has 0 radical (unpaired) electrons. The van der Waals surface area contributed by atoms with E-state index in [0.29, 0.717) is 5.56 Å². The number of aryl methyl sites for hydroxylation is 1. The normalized spacial score (nSPS) is 11.9. The predicted molar refractivity (Wildman–Crippen MR) is 82.3 cm³/mol. The second-order valence-corrected chi connectivity index (χ2v) is 5.57. The molecule has 4 nitrogen and oxygen atoms in total. The first kappa shape index (κ1) is 15.3. The Balaban J connectivity index is 2.71. The molecule has 108 valence electrons. The fourth-order valence-corrected chi connectivity index (χ4v) is 3.01. The van der Waals surface area contributed by atoms with Crippen LogP contribution in [0.3, 0.4) is 0 Å². The number of halogens is 1. The lowest BCUT2D eigenvalue weighted by Gasteiger charge is -2.17. The molecule has 2 aromatic rings. The summed E-state index contributed by atoms with van der Waals surface area (Å²) in [5.74, 6) is -2.28. The molecule has 0 saturated carbocycles. The van der Waals surface area contributed by atoms with Gasteiger partial charge in [0.1, 0.15) is 0 Å². The van der Waals surface area contributed by atoms with Gasteiger partial charge in [-0.15, -0.1) is 0 Å². The molecule has 0 heterocycles. The lowest BCUT2D eigenvalue weighted by atomic mass is 9.92. The molecule has 0 aromatic heterocycles. The van der Waals surface area contributed by atoms with Crippen LogP contribution in [-0.4, -0.2) is 22.2 Å². The highest BCUT2D eigenvalue weighted by Crippen LogP contribution is 2.36. The van der Waals surface area contributed by atoms with Crippen LogP contribution in [0.4, 0.5) is 0 Å². The van der Waals surface area contributed by atoms with Crippen LogP contribution in [-0.2, 0) is 0 Å². The van der Waals surface area contributed by atoms with Crippen molar-refractivity contribution >= 4 is 27.9 Å². The summed E-state index contributed by atoms with van der Waals surface area (Å²) in [4.78, 5) is 22.4. The Kier molecular flexibility index (Phi) is 4.43. The molecule has 21 heavy (non-hydrogen) atoms. The largest absolute Gasteiger partial charge is 0.478 e. The summed E-state index contributed by atoms with van der Waals surface area (Å²) in [7, 11) is 0. The molecule has 0 aliphatic heterocycles. The Morgan fingerprint density at radius 2 is 1.48 bits per heavy atom. The third kappa shape index (κ3) is 3.13. The molecule has 0 amide bonds. The molecule has 0 aliphatic rings. The van der Waals surface area contributed by atoms with Gasteiger partial charge in [-0.2, -0.15) is 0 Å². The lowest BCUT2D eigenvalue weighted by Crippen LogP contribution is -2.12. The molecule has 5 heteroatoms. The maximum Gasteiger partial charge on any atom is 0.336 e. The first-order chi connectivity index (χ1) is 9.91. The number of carboxylic acids is 2. The van der Waals surface area contributed by atoms with Gasteiger partial charge in [0.05, 0.1) is 16.0 Å². The Morgan fingerprint density at radius 1 is 1.00 bits per heavy atom. The number of alkyl halides is 1. The number of aromatic carboxylic acids is 2. The van der Waals surface area contributed by atoms with E-state index in [-0.39, 0.29) is 16.7 Å². The Bertz CT molecular complexity index is 660. The van der Waals surface area contributed by atoms with Crippen molar-refractivity contribution in [1.29, 1.82) is 0 Å². The van der Waals surface area contributed by atoms with Gasteiger partial charge in [-0.25, -0.2) is 9.59 Å². The van der Waals surface area contributed by atoms with Crippen LogP contribution in [0.1, 0.15) is 42.2 Å². The SMILES string of the molecule is Cc1cc(C(=O)O)c(C(Br)c2ccccc2)c(C(=O)O)c1. The van der Waals surface area contributed by atoms with E-state index in [9.17, 15) is 19.8 Å². The molecule has 1 unspecified atom stereocenters. The highest BCUT2D eigenvalue weighted by molar-refractivity contribution is 9.09. The summed E-state index contributed by atoms with van der Waals surface area (Å²) in [6.45, 7) is 1.68. The maximum atomic E-state index is 11.5. The van der Waals surface area contributed by atoms with E-state index in [1.807, 2.05) is 30.3 Å². The van der Waals surface area contributed by atoms with Crippen LogP contribution < -0.4 is 0 Å². The van der Waals surface area contributed by atoms with Crippen molar-refractivity contribution < 1.29 is 19.8 Å². The van der Waals surface area contributed by atoms with Crippen molar-refractivity contribution in [2.75, 3.05) is 0 Å². The van der Waals surface area contributed by atoms with Gasteiger partial charge in [0.15, 0.2) is 0 Å². The maximum absolute atomic E-state index is 11.5. The van der Waals surface area contributed by atoms with Gasteiger partial charge in [-0.05, 0) is 35.7 Å². The van der Waals surface area contributed by atoms with Gasteiger partial charge in [-0.3, -0.25) is 0 Å². The highest BCUT2D eigenvalue weighted by Gasteiger charge is 2.25. The van der Waals surface area contributed by atoms with Crippen molar-refractivity contribution in [3.63, 3.8) is 0 Å². The predicted octanol–water partition coefficient (Wildman–Crippen LogP) is 3.88. The summed E-state index contributed by atoms with van der Waals surface area (Å²) in [5, 5.41) is 18.8. The molecule has 0 saturated heterocycles. The van der Waals surface area contributed by atoms with E-state index in [1.54, 1.807) is 6.92 Å². The first-order valence-electron chi connectivity index (χ1n) is 6.22. The van der Waals surface area contributed by atoms with Gasteiger partial charge in [0.2, 0.25) is 0 Å². The number of hydrogen-bond acceptors (Lipinski definition) is 2. The molecule has 0 spiro atoms. The molecular formula is C16H13BrO4. The molecule has 0 bridgehead atoms. The van der Waals surface area contributed by atoms with Gasteiger partial charge in [0, 0.05) is 0 Å². The van der Waals surface area contributed by atoms with E-state index < -0.39 is 16.8 Å². The van der Waals surface area contributed by atoms with Crippen molar-refractivity contribution in [1.82, 2.24) is 0 Å². The quantitative estimate of drug-likeness (QED) is 0.822. The zero-order valence-corrected chi connectivity index (χ0v) is 12.8. The molecule has 2 aromatic carbocycles. The zero-order chi connectivity index (χ0) is 15.6. The average molecular weight is 349 g/mol. The molecule has 0 fully saturated rings. The summed E-state index contributed by atoms with van der Waals surface area (Å²) in [5.41, 5.74) is 1.65. The van der Waals surface area contributed by atoms with Crippen LogP contribution in [0.2, 0.25) is 0 Å². The number of hydrogen-bond donors (Lipinski definition) is 2. The monoisotopic (exact) mass is 348 g/mol. The fraction of sp³-hybridized carbons (Fsp3) is 0.125. The number of carbonyl (C=O) groups is 2. The van der Waals surface area contributed by atoms with E-state index >= 15 is 0 Å². The standard InChI is InChI=1S/C16H13BrO4/c1-9-7-11(15(18)19)13(12(8-9)16(20)21)14(17)10-5-3-2-4-6-10/h2-8,14H,1H3,(H,18,19)(H,20,21). The van der Waals surface area contributed by atoms with E-state index in [0.717, 1.165) is 5.56 Å². The molecule has 1 atom stereocenters. The van der Waals surface area contributed by atoms with E-state index in [2.05, 4.69) is 15.9 Å². The van der Waals surface area contributed by atoms with Crippen LogP contribution in [0, 0.1) is 6.92 Å². The second kappa shape index (κ2) is 6.10. The molecule has 0 aliphatic carbocycles. The van der Waals surface area contributed by atoms with Gasteiger partial charge < -0.3 is 10.2 Å². The van der Waals surface area contributed by atoms with Crippen molar-refractivity contribution in [2.24, 2.45) is 0 Å². The van der Waals surface area contributed by atoms with Crippen molar-refractivity contribution in [3.8, 4) is 0 Å². The van der Waals surface area contributed by atoms with Crippen LogP contribution in [0.15, 0.2) is 42.5 Å². The number of rotatable bonds is 4. The number of carboxylic acid groups (broad SMARTS) is 2. The van der Waals surface area contributed by atoms with E-state index in [4.69, 9.17) is 0 Å². The minimum absolute atomic E-state index is 0.00173. The minimum atomic E-state index is -1.14. The smallest absolute Gasteiger partial charge is 0.336 e. The van der Waals surface area contributed by atoms with E-state index in [1.165, 1.54) is 12.1 Å². The van der Waals surface area contributed by atoms with Crippen LogP contribution in [0.5, 0.6) is 0 Å². The lowest BCUT2D eigenvalue weighted by molar-refractivity contribution is 0.0695. The minimum Gasteiger partial charge on any atom is -0.478 e. The summed E-state index contributed by atoms with van der Waals surface area (Å²) < 4.78 is 0. The average Bonchev–Trinajstić information content (AvgIpc) is 2.46. The third-order valence-electron chi connectivity index (χ3n) is 3.13. The summed E-state index contributed by atoms with van der Waals surface area (Å²) in [6.07, 6.45) is 0. The van der Waals surface area contributed by atoms with Gasteiger partial charge in [0.25, 0.3) is 0 Å². The van der Waals surface area contributed by atoms with Gasteiger partial charge >= 0.3 is 11.9 Å². The fourth-order valence-electron chi connectivity index (χ4n) is 2.21. The second-order valence-electron chi connectivity index (χ2n) is 4.66. The van der Waals surface area contributed by atoms with Crippen molar-refractivity contribution in [2.45, 2.75) is 11.8 Å². The Hall–Kier alpha value is -2.14. The summed E-state index contributed by atoms with van der Waals surface area (Å²) in [6, 6.07) is 12.1. The zero-order valence-electron chi connectivity index (χ0n) is 11.2. The molecule has 2 rings (SSSR count). The first-order valence-corrected chi connectivity index (χ1v) is 7.13. The van der Waals surface area contributed by atoms with Crippen LogP contribution >= 0.6 is 15.9 Å². The summed E-state index contributed by atoms with van der Waals surface area (Å²) >= 11 is 3.43. The third-order valence-corrected chi connectivity index (χ3v) is 4.12. The molecule has 2 N–H and O–H groups in total. The Morgan fingerprint density at radius 3 is 1.90 bits per heavy atom. The topological polar surface area (TPSA) is 74.6 Å². The molecular weight excluding hydrogens is 336 g/mol. The van der Waals surface area contributed by atoms with Gasteiger partial charge in [-0.1, -0.05) is 46.3 Å². The number of benzene rings is 2. The van der Waals surface area contributed by atoms with Crippen LogP contribution in [0.25, 0.3) is 0 Å². The highest BCUT2D eigenvalue weighted by atomic mass is 79.9. The Labute approximate surface area is 130 Å².